The molecule has 1 heterocycles. The average molecular weight is 314 g/mol. The summed E-state index contributed by atoms with van der Waals surface area (Å²) in [5.41, 5.74) is 0.258. The molecule has 23 heavy (non-hydrogen) atoms. The van der Waals surface area contributed by atoms with Crippen LogP contribution < -0.4 is 4.74 Å². The van der Waals surface area contributed by atoms with E-state index in [0.29, 0.717) is 18.3 Å². The maximum atomic E-state index is 10.5. The fraction of sp³-hybridized carbons (Fsp3) is 0.556. The molecule has 1 aromatic heterocycles. The third-order valence-corrected chi connectivity index (χ3v) is 4.77. The second-order valence-corrected chi connectivity index (χ2v) is 6.83. The minimum absolute atomic E-state index is 0.361. The molecular formula is C18H22N2O3. The van der Waals surface area contributed by atoms with E-state index in [1.807, 2.05) is 24.3 Å². The lowest BCUT2D eigenvalue weighted by molar-refractivity contribution is -0.0338. The van der Waals surface area contributed by atoms with Crippen molar-refractivity contribution in [3.8, 4) is 17.1 Å². The molecule has 122 valence electrons. The van der Waals surface area contributed by atoms with Crippen LogP contribution in [0.5, 0.6) is 5.75 Å². The Labute approximate surface area is 135 Å². The number of benzene rings is 1. The quantitative estimate of drug-likeness (QED) is 0.911. The molecule has 5 nitrogen and oxygen atoms in total. The van der Waals surface area contributed by atoms with Gasteiger partial charge in [-0.15, -0.1) is 0 Å². The van der Waals surface area contributed by atoms with Gasteiger partial charge in [0.25, 0.3) is 0 Å². The summed E-state index contributed by atoms with van der Waals surface area (Å²) in [5.74, 6) is 2.61. The van der Waals surface area contributed by atoms with Crippen molar-refractivity contribution in [2.75, 3.05) is 6.61 Å². The van der Waals surface area contributed by atoms with Gasteiger partial charge in [0.2, 0.25) is 11.7 Å². The fourth-order valence-corrected chi connectivity index (χ4v) is 3.12. The van der Waals surface area contributed by atoms with Crippen molar-refractivity contribution >= 4 is 0 Å². The molecule has 2 fully saturated rings. The van der Waals surface area contributed by atoms with E-state index in [0.717, 1.165) is 55.7 Å². The van der Waals surface area contributed by atoms with Crippen molar-refractivity contribution in [2.45, 2.75) is 56.5 Å². The van der Waals surface area contributed by atoms with Crippen molar-refractivity contribution in [3.63, 3.8) is 0 Å². The highest BCUT2D eigenvalue weighted by atomic mass is 16.5. The Morgan fingerprint density at radius 3 is 2.57 bits per heavy atom. The van der Waals surface area contributed by atoms with Crippen molar-refractivity contribution in [2.24, 2.45) is 0 Å². The number of nitrogens with zero attached hydrogens (tertiary/aromatic N) is 2. The minimum Gasteiger partial charge on any atom is -0.491 e. The number of aromatic nitrogens is 2. The largest absolute Gasteiger partial charge is 0.491 e. The molecule has 0 radical (unpaired) electrons. The Morgan fingerprint density at radius 1 is 1.13 bits per heavy atom. The van der Waals surface area contributed by atoms with Crippen molar-refractivity contribution in [3.05, 3.63) is 30.2 Å². The predicted octanol–water partition coefficient (Wildman–Crippen LogP) is 3.69. The van der Waals surface area contributed by atoms with Gasteiger partial charge < -0.3 is 14.4 Å². The zero-order valence-electron chi connectivity index (χ0n) is 13.2. The Kier molecular flexibility index (Phi) is 3.81. The van der Waals surface area contributed by atoms with E-state index in [1.165, 1.54) is 6.42 Å². The fourth-order valence-electron chi connectivity index (χ4n) is 3.12. The number of rotatable bonds is 5. The molecule has 1 N–H and O–H groups in total. The summed E-state index contributed by atoms with van der Waals surface area (Å²) in [4.78, 5) is 4.44. The lowest BCUT2D eigenvalue weighted by atomic mass is 9.85. The molecule has 2 saturated carbocycles. The molecule has 4 rings (SSSR count). The molecule has 1 aromatic carbocycles. The molecule has 5 heteroatoms. The third-order valence-electron chi connectivity index (χ3n) is 4.77. The van der Waals surface area contributed by atoms with Crippen LogP contribution >= 0.6 is 0 Å². The zero-order chi connectivity index (χ0) is 15.7. The van der Waals surface area contributed by atoms with Gasteiger partial charge in [0.15, 0.2) is 0 Å². The first kappa shape index (κ1) is 14.7. The Hall–Kier alpha value is -1.88. The SMILES string of the molecule is OC1(COc2ccc(-c3noc(C4CC4)n3)cc2)CCCCC1. The highest BCUT2D eigenvalue weighted by Gasteiger charge is 2.30. The average Bonchev–Trinajstić information content (AvgIpc) is 3.32. The summed E-state index contributed by atoms with van der Waals surface area (Å²) in [6.07, 6.45) is 7.34. The molecular weight excluding hydrogens is 292 g/mol. The first-order chi connectivity index (χ1) is 11.2. The number of hydrogen-bond donors (Lipinski definition) is 1. The Bertz CT molecular complexity index is 655. The topological polar surface area (TPSA) is 68.4 Å². The van der Waals surface area contributed by atoms with Gasteiger partial charge in [-0.3, -0.25) is 0 Å². The van der Waals surface area contributed by atoms with E-state index >= 15 is 0 Å². The maximum Gasteiger partial charge on any atom is 0.230 e. The van der Waals surface area contributed by atoms with E-state index in [2.05, 4.69) is 10.1 Å². The van der Waals surface area contributed by atoms with Crippen molar-refractivity contribution in [1.82, 2.24) is 10.1 Å². The van der Waals surface area contributed by atoms with Crippen molar-refractivity contribution < 1.29 is 14.4 Å². The van der Waals surface area contributed by atoms with Crippen LogP contribution in [-0.4, -0.2) is 27.5 Å². The van der Waals surface area contributed by atoms with Gasteiger partial charge in [-0.05, 0) is 49.9 Å². The van der Waals surface area contributed by atoms with Gasteiger partial charge in [-0.2, -0.15) is 4.98 Å². The van der Waals surface area contributed by atoms with Crippen LogP contribution in [0.1, 0.15) is 56.8 Å². The van der Waals surface area contributed by atoms with E-state index in [4.69, 9.17) is 9.26 Å². The number of aliphatic hydroxyl groups is 1. The smallest absolute Gasteiger partial charge is 0.230 e. The van der Waals surface area contributed by atoms with Gasteiger partial charge in [-0.25, -0.2) is 0 Å². The normalized spacial score (nSPS) is 20.4. The lowest BCUT2D eigenvalue weighted by Crippen LogP contribution is -2.37. The van der Waals surface area contributed by atoms with E-state index in [1.54, 1.807) is 0 Å². The molecule has 0 saturated heterocycles. The van der Waals surface area contributed by atoms with Crippen LogP contribution in [0, 0.1) is 0 Å². The Balaban J connectivity index is 1.39. The summed E-state index contributed by atoms with van der Waals surface area (Å²) in [6, 6.07) is 7.66. The summed E-state index contributed by atoms with van der Waals surface area (Å²) in [6.45, 7) is 0.361. The monoisotopic (exact) mass is 314 g/mol. The molecule has 0 unspecified atom stereocenters. The molecule has 0 bridgehead atoms. The molecule has 2 aliphatic carbocycles. The molecule has 0 amide bonds. The van der Waals surface area contributed by atoms with Gasteiger partial charge in [-0.1, -0.05) is 24.4 Å². The first-order valence-electron chi connectivity index (χ1n) is 8.51. The molecule has 0 spiro atoms. The van der Waals surface area contributed by atoms with Crippen LogP contribution in [0.3, 0.4) is 0 Å². The van der Waals surface area contributed by atoms with Crippen molar-refractivity contribution in [1.29, 1.82) is 0 Å². The van der Waals surface area contributed by atoms with Gasteiger partial charge >= 0.3 is 0 Å². The molecule has 0 atom stereocenters. The maximum absolute atomic E-state index is 10.5. The van der Waals surface area contributed by atoms with E-state index in [9.17, 15) is 5.11 Å². The molecule has 0 aliphatic heterocycles. The summed E-state index contributed by atoms with van der Waals surface area (Å²) in [7, 11) is 0. The molecule has 2 aliphatic rings. The minimum atomic E-state index is -0.663. The first-order valence-corrected chi connectivity index (χ1v) is 8.51. The van der Waals surface area contributed by atoms with Crippen LogP contribution in [0.4, 0.5) is 0 Å². The van der Waals surface area contributed by atoms with Crippen LogP contribution in [0.25, 0.3) is 11.4 Å². The van der Waals surface area contributed by atoms with Gasteiger partial charge in [0, 0.05) is 11.5 Å². The summed E-state index contributed by atoms with van der Waals surface area (Å²) >= 11 is 0. The Morgan fingerprint density at radius 2 is 1.87 bits per heavy atom. The van der Waals surface area contributed by atoms with E-state index in [-0.39, 0.29) is 0 Å². The standard InChI is InChI=1S/C18H22N2O3/c21-18(10-2-1-3-11-18)12-22-15-8-6-13(7-9-15)16-19-17(23-20-16)14-4-5-14/h6-9,14,21H,1-5,10-12H2. The second kappa shape index (κ2) is 5.96. The highest BCUT2D eigenvalue weighted by Crippen LogP contribution is 2.39. The predicted molar refractivity (Wildman–Crippen MR) is 85.2 cm³/mol. The summed E-state index contributed by atoms with van der Waals surface area (Å²) in [5, 5.41) is 14.5. The molecule has 2 aromatic rings. The van der Waals surface area contributed by atoms with E-state index < -0.39 is 5.60 Å². The second-order valence-electron chi connectivity index (χ2n) is 6.83. The van der Waals surface area contributed by atoms with Crippen LogP contribution in [-0.2, 0) is 0 Å². The van der Waals surface area contributed by atoms with Crippen LogP contribution in [0.15, 0.2) is 28.8 Å². The third kappa shape index (κ3) is 3.39. The number of ether oxygens (including phenoxy) is 1. The number of hydrogen-bond acceptors (Lipinski definition) is 5. The highest BCUT2D eigenvalue weighted by molar-refractivity contribution is 5.55. The van der Waals surface area contributed by atoms with Crippen LogP contribution in [0.2, 0.25) is 0 Å². The summed E-state index contributed by atoms with van der Waals surface area (Å²) < 4.78 is 11.1. The van der Waals surface area contributed by atoms with Gasteiger partial charge in [0.1, 0.15) is 12.4 Å². The van der Waals surface area contributed by atoms with Gasteiger partial charge in [0.05, 0.1) is 5.60 Å². The lowest BCUT2D eigenvalue weighted by Gasteiger charge is -2.31. The zero-order valence-corrected chi connectivity index (χ0v) is 13.2.